The number of nitrogens with zero attached hydrogens (tertiary/aromatic N) is 5. The van der Waals surface area contributed by atoms with Gasteiger partial charge in [-0.2, -0.15) is 5.26 Å². The third kappa shape index (κ3) is 6.10. The number of likely N-dealkylation sites (N-methyl/N-ethyl adjacent to an activating group) is 1. The summed E-state index contributed by atoms with van der Waals surface area (Å²) in [5, 5.41) is 21.7. The van der Waals surface area contributed by atoms with E-state index in [9.17, 15) is 4.79 Å². The van der Waals surface area contributed by atoms with Crippen molar-refractivity contribution < 1.29 is 4.79 Å². The molecule has 1 aliphatic heterocycles. The molecule has 0 aliphatic carbocycles. The number of nitriles is 1. The maximum atomic E-state index is 12.2. The van der Waals surface area contributed by atoms with Crippen molar-refractivity contribution in [3.63, 3.8) is 0 Å². The Morgan fingerprint density at radius 2 is 2.07 bits per heavy atom. The van der Waals surface area contributed by atoms with Crippen LogP contribution in [0.5, 0.6) is 0 Å². The third-order valence-corrected chi connectivity index (χ3v) is 4.32. The molecule has 29 heavy (non-hydrogen) atoms. The lowest BCUT2D eigenvalue weighted by atomic mass is 10.1. The van der Waals surface area contributed by atoms with Crippen molar-refractivity contribution in [2.24, 2.45) is 0 Å². The molecule has 1 amide bonds. The molecule has 10 heteroatoms. The lowest BCUT2D eigenvalue weighted by molar-refractivity contribution is -0.116. The number of carbonyl (C=O) groups excluding carboxylic acids is 1. The highest BCUT2D eigenvalue weighted by Crippen LogP contribution is 2.26. The number of hydrogen-bond acceptors (Lipinski definition) is 9. The van der Waals surface area contributed by atoms with E-state index in [2.05, 4.69) is 36.2 Å². The van der Waals surface area contributed by atoms with Crippen LogP contribution < -0.4 is 21.3 Å². The number of pyridine rings is 1. The second kappa shape index (κ2) is 9.77. The highest BCUT2D eigenvalue weighted by atomic mass is 16.2. The highest BCUT2D eigenvalue weighted by molar-refractivity contribution is 5.95. The largest absolute Gasteiger partial charge is 0.379 e. The maximum absolute atomic E-state index is 12.2. The SMILES string of the molecule is CN(C)CC(=O)Nc1cnc(Nc2cnc(C#N)cn2)cc1N[C@@H]1CCCNC1. The molecule has 1 saturated heterocycles. The number of anilines is 4. The first-order chi connectivity index (χ1) is 14.0. The summed E-state index contributed by atoms with van der Waals surface area (Å²) in [6, 6.07) is 4.03. The van der Waals surface area contributed by atoms with Gasteiger partial charge in [0.2, 0.25) is 5.91 Å². The van der Waals surface area contributed by atoms with Gasteiger partial charge in [-0.05, 0) is 33.5 Å². The van der Waals surface area contributed by atoms with Crippen molar-refractivity contribution in [3.05, 3.63) is 30.4 Å². The Balaban J connectivity index is 1.79. The van der Waals surface area contributed by atoms with E-state index >= 15 is 0 Å². The summed E-state index contributed by atoms with van der Waals surface area (Å²) in [6.45, 7) is 2.16. The molecule has 0 radical (unpaired) electrons. The van der Waals surface area contributed by atoms with Gasteiger partial charge in [-0.15, -0.1) is 0 Å². The molecule has 0 unspecified atom stereocenters. The van der Waals surface area contributed by atoms with Crippen LogP contribution in [-0.4, -0.2) is 65.5 Å². The van der Waals surface area contributed by atoms with Crippen molar-refractivity contribution in [2.75, 3.05) is 49.7 Å². The maximum Gasteiger partial charge on any atom is 0.238 e. The molecule has 1 atom stereocenters. The van der Waals surface area contributed by atoms with Gasteiger partial charge in [0.05, 0.1) is 36.5 Å². The van der Waals surface area contributed by atoms with Crippen LogP contribution in [0.25, 0.3) is 0 Å². The Hall–Kier alpha value is -3.29. The third-order valence-electron chi connectivity index (χ3n) is 4.32. The van der Waals surface area contributed by atoms with Gasteiger partial charge in [-0.25, -0.2) is 15.0 Å². The predicted molar refractivity (Wildman–Crippen MR) is 111 cm³/mol. The van der Waals surface area contributed by atoms with Crippen molar-refractivity contribution in [3.8, 4) is 6.07 Å². The second-order valence-corrected chi connectivity index (χ2v) is 7.11. The summed E-state index contributed by atoms with van der Waals surface area (Å²) in [5.41, 5.74) is 1.65. The van der Waals surface area contributed by atoms with Gasteiger partial charge in [0, 0.05) is 18.7 Å². The van der Waals surface area contributed by atoms with Crippen LogP contribution in [0.4, 0.5) is 23.0 Å². The van der Waals surface area contributed by atoms with Crippen molar-refractivity contribution >= 4 is 28.9 Å². The quantitative estimate of drug-likeness (QED) is 0.545. The minimum Gasteiger partial charge on any atom is -0.379 e. The van der Waals surface area contributed by atoms with Crippen molar-refractivity contribution in [1.82, 2.24) is 25.2 Å². The smallest absolute Gasteiger partial charge is 0.238 e. The van der Waals surface area contributed by atoms with Gasteiger partial charge in [-0.3, -0.25) is 4.79 Å². The lowest BCUT2D eigenvalue weighted by Crippen LogP contribution is -2.38. The molecule has 0 spiro atoms. The number of rotatable bonds is 7. The van der Waals surface area contributed by atoms with Crippen LogP contribution in [-0.2, 0) is 4.79 Å². The van der Waals surface area contributed by atoms with E-state index < -0.39 is 0 Å². The molecule has 0 bridgehead atoms. The van der Waals surface area contributed by atoms with Gasteiger partial charge in [0.1, 0.15) is 17.7 Å². The number of carbonyl (C=O) groups is 1. The predicted octanol–water partition coefficient (Wildman–Crippen LogP) is 1.15. The first-order valence-electron chi connectivity index (χ1n) is 9.44. The van der Waals surface area contributed by atoms with Gasteiger partial charge in [0.15, 0.2) is 5.69 Å². The standard InChI is InChI=1S/C19H25N9O/c1-28(2)12-19(29)26-16-10-24-17(27-18-11-22-14(7-20)9-23-18)6-15(16)25-13-4-3-5-21-8-13/h6,9-11,13,21H,3-5,8,12H2,1-2H3,(H,26,29)(H2,23,24,25,27)/t13-/m1/s1. The van der Waals surface area contributed by atoms with Crippen molar-refractivity contribution in [1.29, 1.82) is 5.26 Å². The van der Waals surface area contributed by atoms with Gasteiger partial charge in [-0.1, -0.05) is 0 Å². The number of hydrogen-bond donors (Lipinski definition) is 4. The first-order valence-corrected chi connectivity index (χ1v) is 9.44. The lowest BCUT2D eigenvalue weighted by Gasteiger charge is -2.26. The van der Waals surface area contributed by atoms with E-state index in [0.717, 1.165) is 31.6 Å². The Labute approximate surface area is 169 Å². The normalized spacial score (nSPS) is 16.1. The van der Waals surface area contributed by atoms with E-state index in [1.807, 2.05) is 26.2 Å². The molecular weight excluding hydrogens is 370 g/mol. The molecule has 2 aromatic rings. The van der Waals surface area contributed by atoms with E-state index in [0.29, 0.717) is 17.3 Å². The number of aromatic nitrogens is 3. The zero-order valence-corrected chi connectivity index (χ0v) is 16.6. The number of amides is 1. The van der Waals surface area contributed by atoms with E-state index in [4.69, 9.17) is 5.26 Å². The minimum absolute atomic E-state index is 0.111. The molecule has 0 aromatic carbocycles. The van der Waals surface area contributed by atoms with E-state index in [1.54, 1.807) is 11.1 Å². The summed E-state index contributed by atoms with van der Waals surface area (Å²) in [7, 11) is 3.69. The summed E-state index contributed by atoms with van der Waals surface area (Å²) < 4.78 is 0. The van der Waals surface area contributed by atoms with Gasteiger partial charge >= 0.3 is 0 Å². The Bertz CT molecular complexity index is 870. The molecular formula is C19H25N9O. The molecule has 3 rings (SSSR count). The average molecular weight is 395 g/mol. The van der Waals surface area contributed by atoms with Crippen LogP contribution in [0.2, 0.25) is 0 Å². The fourth-order valence-electron chi connectivity index (χ4n) is 3.00. The molecule has 1 aliphatic rings. The first kappa shape index (κ1) is 20.4. The van der Waals surface area contributed by atoms with Crippen LogP contribution in [0.15, 0.2) is 24.7 Å². The van der Waals surface area contributed by atoms with Gasteiger partial charge < -0.3 is 26.2 Å². The summed E-state index contributed by atoms with van der Waals surface area (Å²) >= 11 is 0. The molecule has 4 N–H and O–H groups in total. The Morgan fingerprint density at radius 3 is 2.72 bits per heavy atom. The van der Waals surface area contributed by atoms with E-state index in [1.165, 1.54) is 12.4 Å². The van der Waals surface area contributed by atoms with Crippen LogP contribution in [0, 0.1) is 11.3 Å². The fourth-order valence-corrected chi connectivity index (χ4v) is 3.00. The number of piperidine rings is 1. The van der Waals surface area contributed by atoms with Crippen LogP contribution in [0.3, 0.4) is 0 Å². The van der Waals surface area contributed by atoms with Crippen LogP contribution >= 0.6 is 0 Å². The number of nitrogens with one attached hydrogen (secondary N) is 4. The Morgan fingerprint density at radius 1 is 1.24 bits per heavy atom. The summed E-state index contributed by atoms with van der Waals surface area (Å²) in [4.78, 5) is 26.5. The highest BCUT2D eigenvalue weighted by Gasteiger charge is 2.16. The summed E-state index contributed by atoms with van der Waals surface area (Å²) in [6.07, 6.45) is 6.63. The minimum atomic E-state index is -0.111. The zero-order valence-electron chi connectivity index (χ0n) is 16.6. The molecule has 2 aromatic heterocycles. The summed E-state index contributed by atoms with van der Waals surface area (Å²) in [5.74, 6) is 0.923. The van der Waals surface area contributed by atoms with Gasteiger partial charge in [0.25, 0.3) is 0 Å². The second-order valence-electron chi connectivity index (χ2n) is 7.11. The monoisotopic (exact) mass is 395 g/mol. The average Bonchev–Trinajstić information content (AvgIpc) is 2.71. The van der Waals surface area contributed by atoms with Crippen LogP contribution in [0.1, 0.15) is 18.5 Å². The topological polar surface area (TPSA) is 131 Å². The van der Waals surface area contributed by atoms with E-state index in [-0.39, 0.29) is 24.2 Å². The van der Waals surface area contributed by atoms with Crippen molar-refractivity contribution in [2.45, 2.75) is 18.9 Å². The molecule has 1 fully saturated rings. The molecule has 152 valence electrons. The molecule has 0 saturated carbocycles. The molecule has 10 nitrogen and oxygen atoms in total. The fraction of sp³-hybridized carbons (Fsp3) is 0.421. The zero-order chi connectivity index (χ0) is 20.6. The Kier molecular flexibility index (Phi) is 6.89. The molecule has 3 heterocycles.